The van der Waals surface area contributed by atoms with Crippen LogP contribution < -0.4 is 4.74 Å². The molecule has 0 spiro atoms. The number of rotatable bonds is 5. The first kappa shape index (κ1) is 21.2. The Balaban J connectivity index is 1.40. The number of halogens is 3. The number of pyridine rings is 1. The fourth-order valence-electron chi connectivity index (χ4n) is 3.08. The van der Waals surface area contributed by atoms with Gasteiger partial charge in [0.05, 0.1) is 11.4 Å². The topological polar surface area (TPSA) is 98.4 Å². The van der Waals surface area contributed by atoms with E-state index in [0.29, 0.717) is 13.0 Å². The number of sulfonamides is 1. The van der Waals surface area contributed by atoms with Gasteiger partial charge in [0.15, 0.2) is 0 Å². The number of aryl methyl sites for hydroxylation is 1. The Labute approximate surface area is 175 Å². The molecule has 3 heterocycles. The summed E-state index contributed by atoms with van der Waals surface area (Å²) in [5, 5.41) is 3.30. The van der Waals surface area contributed by atoms with E-state index in [4.69, 9.17) is 4.74 Å². The van der Waals surface area contributed by atoms with Crippen LogP contribution in [0.5, 0.6) is 5.88 Å². The minimum atomic E-state index is -4.73. The molecule has 8 nitrogen and oxygen atoms in total. The third-order valence-corrected chi connectivity index (χ3v) is 6.60. The Morgan fingerprint density at radius 2 is 1.90 bits per heavy atom. The third kappa shape index (κ3) is 4.54. The average Bonchev–Trinajstić information content (AvgIpc) is 3.39. The number of alkyl halides is 3. The van der Waals surface area contributed by atoms with Crippen LogP contribution in [0.1, 0.15) is 17.9 Å². The van der Waals surface area contributed by atoms with Crippen LogP contribution in [0.2, 0.25) is 0 Å². The summed E-state index contributed by atoms with van der Waals surface area (Å²) < 4.78 is 74.6. The first-order valence-electron chi connectivity index (χ1n) is 9.24. The van der Waals surface area contributed by atoms with Gasteiger partial charge in [0.25, 0.3) is 0 Å². The van der Waals surface area contributed by atoms with Crippen LogP contribution in [-0.2, 0) is 16.2 Å². The first-order chi connectivity index (χ1) is 14.6. The maximum absolute atomic E-state index is 12.8. The number of ether oxygens (including phenoxy) is 1. The van der Waals surface area contributed by atoms with E-state index in [0.717, 1.165) is 5.56 Å². The molecule has 0 aliphatic carbocycles. The standard InChI is InChI=1S/C19H17F3N4O4S/c1-12-2-5-15(6-3-12)31(27,28)26-9-8-14(11-26)29-16-7-4-13(10-23-16)17-24-18(30-25-17)19(20,21)22/h2-7,10,14H,8-9,11H2,1H3/t14-/m1/s1. The van der Waals surface area contributed by atoms with Gasteiger partial charge in [-0.25, -0.2) is 13.4 Å². The van der Waals surface area contributed by atoms with Crippen molar-refractivity contribution in [3.05, 3.63) is 54.0 Å². The summed E-state index contributed by atoms with van der Waals surface area (Å²) in [7, 11) is -3.62. The average molecular weight is 454 g/mol. The zero-order valence-corrected chi connectivity index (χ0v) is 17.0. The highest BCUT2D eigenvalue weighted by Gasteiger charge is 2.38. The maximum Gasteiger partial charge on any atom is 0.471 e. The number of nitrogens with zero attached hydrogens (tertiary/aromatic N) is 4. The van der Waals surface area contributed by atoms with Crippen molar-refractivity contribution < 1.29 is 30.8 Å². The molecule has 164 valence electrons. The molecule has 1 aliphatic heterocycles. The molecular formula is C19H17F3N4O4S. The molecule has 4 rings (SSSR count). The lowest BCUT2D eigenvalue weighted by molar-refractivity contribution is -0.159. The molecule has 1 aliphatic rings. The molecule has 1 fully saturated rings. The Bertz CT molecular complexity index is 1160. The highest BCUT2D eigenvalue weighted by atomic mass is 32.2. The molecule has 0 N–H and O–H groups in total. The van der Waals surface area contributed by atoms with E-state index < -0.39 is 28.2 Å². The van der Waals surface area contributed by atoms with Crippen molar-refractivity contribution in [3.63, 3.8) is 0 Å². The van der Waals surface area contributed by atoms with Gasteiger partial charge < -0.3 is 9.26 Å². The molecule has 1 atom stereocenters. The molecule has 0 unspecified atom stereocenters. The van der Waals surface area contributed by atoms with Gasteiger partial charge in [0, 0.05) is 24.4 Å². The SMILES string of the molecule is Cc1ccc(S(=O)(=O)N2CC[C@@H](Oc3ccc(-c4noc(C(F)(F)F)n4)cn3)C2)cc1. The van der Waals surface area contributed by atoms with Crippen molar-refractivity contribution in [2.45, 2.75) is 30.5 Å². The molecule has 12 heteroatoms. The van der Waals surface area contributed by atoms with E-state index in [2.05, 4.69) is 19.6 Å². The van der Waals surface area contributed by atoms with E-state index in [9.17, 15) is 21.6 Å². The maximum atomic E-state index is 12.8. The zero-order valence-electron chi connectivity index (χ0n) is 16.2. The monoisotopic (exact) mass is 454 g/mol. The number of benzene rings is 1. The van der Waals surface area contributed by atoms with Gasteiger partial charge in [-0.1, -0.05) is 22.9 Å². The summed E-state index contributed by atoms with van der Waals surface area (Å²) in [6, 6.07) is 9.52. The highest BCUT2D eigenvalue weighted by molar-refractivity contribution is 7.89. The lowest BCUT2D eigenvalue weighted by atomic mass is 10.2. The highest BCUT2D eigenvalue weighted by Crippen LogP contribution is 2.30. The molecule has 1 saturated heterocycles. The van der Waals surface area contributed by atoms with E-state index in [-0.39, 0.29) is 28.7 Å². The quantitative estimate of drug-likeness (QED) is 0.583. The summed E-state index contributed by atoms with van der Waals surface area (Å²) >= 11 is 0. The van der Waals surface area contributed by atoms with Crippen LogP contribution in [0.15, 0.2) is 52.0 Å². The van der Waals surface area contributed by atoms with Gasteiger partial charge in [0.2, 0.25) is 21.7 Å². The van der Waals surface area contributed by atoms with E-state index in [1.807, 2.05) is 6.92 Å². The van der Waals surface area contributed by atoms with Gasteiger partial charge in [0.1, 0.15) is 6.10 Å². The largest absolute Gasteiger partial charge is 0.473 e. The Kier molecular flexibility index (Phi) is 5.43. The second-order valence-electron chi connectivity index (χ2n) is 7.01. The predicted molar refractivity (Wildman–Crippen MR) is 102 cm³/mol. The van der Waals surface area contributed by atoms with Crippen LogP contribution in [-0.4, -0.2) is 47.0 Å². The van der Waals surface area contributed by atoms with Crippen LogP contribution >= 0.6 is 0 Å². The summed E-state index contributed by atoms with van der Waals surface area (Å²) in [5.74, 6) is -1.48. The van der Waals surface area contributed by atoms with Crippen molar-refractivity contribution in [1.82, 2.24) is 19.4 Å². The van der Waals surface area contributed by atoms with Gasteiger partial charge in [-0.2, -0.15) is 22.5 Å². The van der Waals surface area contributed by atoms with Crippen LogP contribution in [0.25, 0.3) is 11.4 Å². The molecular weight excluding hydrogens is 437 g/mol. The minimum Gasteiger partial charge on any atom is -0.473 e. The molecule has 0 bridgehead atoms. The van der Waals surface area contributed by atoms with E-state index in [1.54, 1.807) is 24.3 Å². The molecule has 0 amide bonds. The minimum absolute atomic E-state index is 0.166. The fourth-order valence-corrected chi connectivity index (χ4v) is 4.57. The van der Waals surface area contributed by atoms with Crippen LogP contribution in [0.4, 0.5) is 13.2 Å². The Morgan fingerprint density at radius 1 is 1.16 bits per heavy atom. The lowest BCUT2D eigenvalue weighted by Crippen LogP contribution is -2.31. The van der Waals surface area contributed by atoms with Gasteiger partial charge in [-0.3, -0.25) is 0 Å². The number of hydrogen-bond acceptors (Lipinski definition) is 7. The Morgan fingerprint density at radius 3 is 2.52 bits per heavy atom. The second kappa shape index (κ2) is 7.93. The van der Waals surface area contributed by atoms with Crippen molar-refractivity contribution in [2.24, 2.45) is 0 Å². The van der Waals surface area contributed by atoms with Crippen molar-refractivity contribution in [1.29, 1.82) is 0 Å². The van der Waals surface area contributed by atoms with E-state index >= 15 is 0 Å². The second-order valence-corrected chi connectivity index (χ2v) is 8.95. The summed E-state index contributed by atoms with van der Waals surface area (Å²) in [5.41, 5.74) is 1.19. The van der Waals surface area contributed by atoms with Crippen LogP contribution in [0.3, 0.4) is 0 Å². The summed E-state index contributed by atoms with van der Waals surface area (Å²) in [6.07, 6.45) is -3.39. The lowest BCUT2D eigenvalue weighted by Gasteiger charge is -2.17. The van der Waals surface area contributed by atoms with Gasteiger partial charge in [-0.15, -0.1) is 0 Å². The smallest absolute Gasteiger partial charge is 0.471 e. The predicted octanol–water partition coefficient (Wildman–Crippen LogP) is 3.30. The van der Waals surface area contributed by atoms with Crippen molar-refractivity contribution in [2.75, 3.05) is 13.1 Å². The van der Waals surface area contributed by atoms with E-state index in [1.165, 1.54) is 22.6 Å². The molecule has 0 saturated carbocycles. The third-order valence-electron chi connectivity index (χ3n) is 4.72. The Hall–Kier alpha value is -2.99. The number of hydrogen-bond donors (Lipinski definition) is 0. The van der Waals surface area contributed by atoms with Gasteiger partial charge in [-0.05, 0) is 31.5 Å². The summed E-state index contributed by atoms with van der Waals surface area (Å²) in [6.45, 7) is 2.35. The molecule has 31 heavy (non-hydrogen) atoms. The van der Waals surface area contributed by atoms with Crippen LogP contribution in [0, 0.1) is 6.92 Å². The van der Waals surface area contributed by atoms with Crippen molar-refractivity contribution >= 4 is 10.0 Å². The first-order valence-corrected chi connectivity index (χ1v) is 10.7. The van der Waals surface area contributed by atoms with Gasteiger partial charge >= 0.3 is 12.1 Å². The molecule has 2 aromatic heterocycles. The number of aromatic nitrogens is 3. The molecule has 0 radical (unpaired) electrons. The molecule has 3 aromatic rings. The van der Waals surface area contributed by atoms with Crippen molar-refractivity contribution in [3.8, 4) is 17.3 Å². The zero-order chi connectivity index (χ0) is 22.2. The fraction of sp³-hybridized carbons (Fsp3) is 0.316. The summed E-state index contributed by atoms with van der Waals surface area (Å²) in [4.78, 5) is 7.57. The molecule has 1 aromatic carbocycles. The normalized spacial score (nSPS) is 17.7.